The molecule has 0 saturated carbocycles. The third-order valence-electron chi connectivity index (χ3n) is 9.21. The number of nitrogens with zero attached hydrogens (tertiary/aromatic N) is 4. The second-order valence-corrected chi connectivity index (χ2v) is 16.2. The fourth-order valence-corrected chi connectivity index (χ4v) is 8.18. The van der Waals surface area contributed by atoms with Crippen molar-refractivity contribution in [3.8, 4) is 11.8 Å². The van der Waals surface area contributed by atoms with Crippen LogP contribution in [0.15, 0.2) is 60.7 Å². The van der Waals surface area contributed by atoms with E-state index in [0.29, 0.717) is 16.5 Å². The van der Waals surface area contributed by atoms with Crippen molar-refractivity contribution in [1.29, 1.82) is 5.26 Å². The molecule has 3 aromatic rings. The standard InChI is InChI=1S/C37H38F4N5O9PS/c1-21(2)36(5,32(49)50)43-56(52,20-53-7)55-26-13-8-22(9-14-26)19-54-34(51)44(6)30(47)27-15-12-25(17-29(27)38)46-33(57)45(31(48)35(46,3)4)24-11-10-23(18-42)28(16-24)37(39,40)41/h8-17,21H,19-20H2,1-7H3,(H,43,52)(H,49,50). The number of nitrogens with one attached hydrogen (secondary N) is 1. The van der Waals surface area contributed by atoms with Crippen molar-refractivity contribution in [2.75, 3.05) is 30.3 Å². The minimum atomic E-state index is -4.91. The normalized spacial score (nSPS) is 16.1. The molecular weight excluding hydrogens is 797 g/mol. The molecule has 0 aromatic heterocycles. The average Bonchev–Trinajstić information content (AvgIpc) is 3.31. The predicted octanol–water partition coefficient (Wildman–Crippen LogP) is 7.31. The molecule has 1 heterocycles. The van der Waals surface area contributed by atoms with Crippen molar-refractivity contribution in [3.05, 3.63) is 88.7 Å². The van der Waals surface area contributed by atoms with Gasteiger partial charge in [-0.3, -0.25) is 23.8 Å². The second kappa shape index (κ2) is 16.6. The molecule has 304 valence electrons. The number of ether oxygens (including phenoxy) is 2. The molecular formula is C37H38F4N5O9PS. The molecule has 0 bridgehead atoms. The Bertz CT molecular complexity index is 2200. The van der Waals surface area contributed by atoms with E-state index in [9.17, 15) is 42.0 Å². The van der Waals surface area contributed by atoms with Crippen LogP contribution in [-0.2, 0) is 36.4 Å². The van der Waals surface area contributed by atoms with Gasteiger partial charge >= 0.3 is 25.8 Å². The largest absolute Gasteiger partial charge is 0.480 e. The molecule has 3 aromatic carbocycles. The Morgan fingerprint density at radius 2 is 1.68 bits per heavy atom. The van der Waals surface area contributed by atoms with Gasteiger partial charge in [0.2, 0.25) is 0 Å². The summed E-state index contributed by atoms with van der Waals surface area (Å²) in [5.74, 6) is -4.60. The summed E-state index contributed by atoms with van der Waals surface area (Å²) in [6, 6.07) is 13.0. The quantitative estimate of drug-likeness (QED) is 0.0996. The van der Waals surface area contributed by atoms with Crippen LogP contribution in [0.5, 0.6) is 5.75 Å². The molecule has 4 rings (SSSR count). The highest BCUT2D eigenvalue weighted by Crippen LogP contribution is 2.46. The number of carbonyl (C=O) groups excluding carboxylic acids is 3. The fourth-order valence-electron chi connectivity index (χ4n) is 5.63. The Hall–Kier alpha value is -5.41. The smallest absolute Gasteiger partial charge is 0.417 e. The summed E-state index contributed by atoms with van der Waals surface area (Å²) in [5, 5.41) is 21.2. The molecule has 14 nitrogen and oxygen atoms in total. The molecule has 1 aliphatic rings. The Labute approximate surface area is 330 Å². The summed E-state index contributed by atoms with van der Waals surface area (Å²) in [7, 11) is -1.57. The van der Waals surface area contributed by atoms with Crippen molar-refractivity contribution in [2.24, 2.45) is 5.92 Å². The lowest BCUT2D eigenvalue weighted by Crippen LogP contribution is -2.52. The number of amides is 3. The highest BCUT2D eigenvalue weighted by Gasteiger charge is 2.51. The maximum Gasteiger partial charge on any atom is 0.417 e. The number of carboxylic acid groups (broad SMARTS) is 1. The highest BCUT2D eigenvalue weighted by molar-refractivity contribution is 7.81. The zero-order valence-electron chi connectivity index (χ0n) is 31.6. The van der Waals surface area contributed by atoms with E-state index in [0.717, 1.165) is 36.2 Å². The van der Waals surface area contributed by atoms with Crippen molar-refractivity contribution in [3.63, 3.8) is 0 Å². The molecule has 2 atom stereocenters. The second-order valence-electron chi connectivity index (χ2n) is 13.8. The maximum atomic E-state index is 15.6. The van der Waals surface area contributed by atoms with Gasteiger partial charge in [-0.25, -0.2) is 19.2 Å². The molecule has 1 fully saturated rings. The number of rotatable bonds is 13. The number of hydrogen-bond donors (Lipinski definition) is 2. The number of benzene rings is 3. The zero-order valence-corrected chi connectivity index (χ0v) is 33.3. The van der Waals surface area contributed by atoms with E-state index < -0.39 is 83.4 Å². The molecule has 2 unspecified atom stereocenters. The van der Waals surface area contributed by atoms with E-state index in [1.54, 1.807) is 13.8 Å². The number of thiocarbonyl (C=S) groups is 1. The molecule has 20 heteroatoms. The SMILES string of the molecule is COCP(=O)(NC(C)(C(=O)O)C(C)C)Oc1ccc(COC(=O)N(C)C(=O)c2ccc(N3C(=S)N(c4ccc(C#N)c(C(F)(F)F)c4)C(=O)C3(C)C)cc2F)cc1. The summed E-state index contributed by atoms with van der Waals surface area (Å²) in [4.78, 5) is 54.0. The minimum Gasteiger partial charge on any atom is -0.480 e. The van der Waals surface area contributed by atoms with E-state index in [-0.39, 0.29) is 28.8 Å². The number of methoxy groups -OCH3 is 1. The van der Waals surface area contributed by atoms with Gasteiger partial charge in [0.05, 0.1) is 28.4 Å². The van der Waals surface area contributed by atoms with E-state index in [1.807, 2.05) is 0 Å². The van der Waals surface area contributed by atoms with Crippen LogP contribution in [0.25, 0.3) is 0 Å². The molecule has 2 N–H and O–H groups in total. The first-order chi connectivity index (χ1) is 26.4. The first-order valence-electron chi connectivity index (χ1n) is 16.9. The van der Waals surface area contributed by atoms with Crippen LogP contribution in [-0.4, -0.2) is 70.6 Å². The Morgan fingerprint density at radius 1 is 1.07 bits per heavy atom. The van der Waals surface area contributed by atoms with Crippen LogP contribution in [0.1, 0.15) is 61.7 Å². The fraction of sp³-hybridized carbons (Fsp3) is 0.351. The lowest BCUT2D eigenvalue weighted by molar-refractivity contribution is -0.145. The third kappa shape index (κ3) is 9.10. The summed E-state index contributed by atoms with van der Waals surface area (Å²) >= 11 is 5.48. The Kier molecular flexibility index (Phi) is 12.9. The minimum absolute atomic E-state index is 0.0255. The van der Waals surface area contributed by atoms with Crippen molar-refractivity contribution >= 4 is 60.1 Å². The van der Waals surface area contributed by atoms with Crippen molar-refractivity contribution < 1.29 is 60.4 Å². The maximum absolute atomic E-state index is 15.6. The number of carbonyl (C=O) groups is 4. The number of halogens is 4. The number of nitriles is 1. The third-order valence-corrected chi connectivity index (χ3v) is 11.5. The van der Waals surface area contributed by atoms with E-state index in [4.69, 9.17) is 31.5 Å². The van der Waals surface area contributed by atoms with Crippen LogP contribution in [0.2, 0.25) is 0 Å². The van der Waals surface area contributed by atoms with Crippen molar-refractivity contribution in [1.82, 2.24) is 9.99 Å². The van der Waals surface area contributed by atoms with E-state index in [2.05, 4.69) is 5.09 Å². The van der Waals surface area contributed by atoms with Crippen LogP contribution in [0.3, 0.4) is 0 Å². The van der Waals surface area contributed by atoms with Crippen molar-refractivity contribution in [2.45, 2.75) is 58.5 Å². The summed E-state index contributed by atoms with van der Waals surface area (Å²) < 4.78 is 86.1. The number of alkyl halides is 3. The molecule has 0 aliphatic carbocycles. The van der Waals surface area contributed by atoms with Gasteiger partial charge in [-0.05, 0) is 93.0 Å². The first-order valence-corrected chi connectivity index (χ1v) is 19.1. The zero-order chi connectivity index (χ0) is 42.8. The van der Waals surface area contributed by atoms with Gasteiger partial charge in [-0.1, -0.05) is 26.0 Å². The topological polar surface area (TPSA) is 179 Å². The number of aliphatic carboxylic acids is 1. The lowest BCUT2D eigenvalue weighted by Gasteiger charge is -2.34. The summed E-state index contributed by atoms with van der Waals surface area (Å²) in [6.07, 6.45) is -6.50. The number of carboxylic acids is 1. The predicted molar refractivity (Wildman–Crippen MR) is 202 cm³/mol. The van der Waals surface area contributed by atoms with Gasteiger partial charge < -0.3 is 24.0 Å². The first kappa shape index (κ1) is 44.3. The number of imide groups is 1. The molecule has 1 aliphatic heterocycles. The summed E-state index contributed by atoms with van der Waals surface area (Å²) in [6.45, 7) is 7.13. The monoisotopic (exact) mass is 835 g/mol. The van der Waals surface area contributed by atoms with E-state index in [1.165, 1.54) is 69.2 Å². The van der Waals surface area contributed by atoms with Crippen LogP contribution >= 0.6 is 19.7 Å². The average molecular weight is 836 g/mol. The molecule has 0 spiro atoms. The lowest BCUT2D eigenvalue weighted by atomic mass is 9.90. The van der Waals surface area contributed by atoms with Gasteiger partial charge in [-0.2, -0.15) is 18.4 Å². The van der Waals surface area contributed by atoms with Gasteiger partial charge in [0.1, 0.15) is 35.6 Å². The molecule has 0 radical (unpaired) electrons. The Morgan fingerprint density at radius 3 is 2.21 bits per heavy atom. The molecule has 1 saturated heterocycles. The van der Waals surface area contributed by atoms with Crippen LogP contribution in [0, 0.1) is 23.1 Å². The number of anilines is 2. The molecule has 57 heavy (non-hydrogen) atoms. The van der Waals surface area contributed by atoms with Gasteiger partial charge in [0.25, 0.3) is 11.8 Å². The molecule has 3 amide bonds. The van der Waals surface area contributed by atoms with Crippen LogP contribution < -0.4 is 19.4 Å². The highest BCUT2D eigenvalue weighted by atomic mass is 32.1. The summed E-state index contributed by atoms with van der Waals surface area (Å²) in [5.41, 5.74) is -5.53. The van der Waals surface area contributed by atoms with E-state index >= 15 is 4.39 Å². The van der Waals surface area contributed by atoms with Gasteiger partial charge in [0.15, 0.2) is 5.11 Å². The van der Waals surface area contributed by atoms with Crippen LogP contribution in [0.4, 0.5) is 33.7 Å². The number of hydrogen-bond acceptors (Lipinski definition) is 10. The Balaban J connectivity index is 1.45. The van der Waals surface area contributed by atoms with Gasteiger partial charge in [0, 0.05) is 19.8 Å². The van der Waals surface area contributed by atoms with Gasteiger partial charge in [-0.15, -0.1) is 0 Å².